The standard InChI is InChI=1S/C19H19F6NO7S.C14H26N2/c20-18(21,22)9-33-10-1-2-14(12(5-10)19(23,24)25)34(31,32)11-6-13(15(28)29)26(7-11)16(30)17(8-27)3-4-17;1-2-3-4-5-6-7-8-9-12-16-14(13-15)10-11-14/h1-2,5,11,13,27H,3-4,6-9H2,(H,28,29);16H,2-12H2,1H3/t11-,13+;/m1./s1. The van der Waals surface area contributed by atoms with Gasteiger partial charge in [-0.3, -0.25) is 10.1 Å². The third kappa shape index (κ3) is 11.2. The highest BCUT2D eigenvalue weighted by atomic mass is 32.2. The number of nitrogens with zero attached hydrogens (tertiary/aromatic N) is 2. The van der Waals surface area contributed by atoms with Crippen molar-refractivity contribution < 1.29 is 59.3 Å². The molecule has 50 heavy (non-hydrogen) atoms. The Morgan fingerprint density at radius 1 is 1.02 bits per heavy atom. The van der Waals surface area contributed by atoms with E-state index in [1.807, 2.05) is 0 Å². The molecule has 4 rings (SSSR count). The Labute approximate surface area is 288 Å². The number of aliphatic hydroxyl groups is 1. The van der Waals surface area contributed by atoms with Crippen LogP contribution >= 0.6 is 0 Å². The van der Waals surface area contributed by atoms with Gasteiger partial charge in [-0.1, -0.05) is 51.9 Å². The Morgan fingerprint density at radius 2 is 1.62 bits per heavy atom. The first kappa shape index (κ1) is 41.3. The van der Waals surface area contributed by atoms with E-state index in [1.165, 1.54) is 51.4 Å². The number of unbranched alkanes of at least 4 members (excludes halogenated alkanes) is 7. The van der Waals surface area contributed by atoms with Crippen molar-refractivity contribution >= 4 is 21.7 Å². The van der Waals surface area contributed by atoms with Gasteiger partial charge >= 0.3 is 18.3 Å². The Balaban J connectivity index is 0.000000354. The monoisotopic (exact) mass is 741 g/mol. The zero-order valence-corrected chi connectivity index (χ0v) is 28.7. The van der Waals surface area contributed by atoms with Crippen molar-refractivity contribution in [3.05, 3.63) is 23.8 Å². The molecule has 1 heterocycles. The number of ether oxygens (including phenoxy) is 1. The molecular weight excluding hydrogens is 696 g/mol. The van der Waals surface area contributed by atoms with Gasteiger partial charge < -0.3 is 19.8 Å². The minimum atomic E-state index is -5.30. The Kier molecular flexibility index (Phi) is 14.0. The number of aliphatic carboxylic acids is 1. The molecule has 2 saturated carbocycles. The Hall–Kier alpha value is -3.10. The highest BCUT2D eigenvalue weighted by Crippen LogP contribution is 2.48. The molecule has 3 aliphatic rings. The molecule has 1 aliphatic heterocycles. The molecule has 10 nitrogen and oxygen atoms in total. The number of nitriles is 1. The van der Waals surface area contributed by atoms with E-state index in [9.17, 15) is 54.6 Å². The molecule has 1 aromatic carbocycles. The first-order chi connectivity index (χ1) is 23.3. The summed E-state index contributed by atoms with van der Waals surface area (Å²) in [6.45, 7) is 0.0767. The topological polar surface area (TPSA) is 157 Å². The third-order valence-corrected chi connectivity index (χ3v) is 11.5. The molecule has 1 aromatic rings. The van der Waals surface area contributed by atoms with Gasteiger partial charge in [0.25, 0.3) is 0 Å². The van der Waals surface area contributed by atoms with Crippen LogP contribution in [0.3, 0.4) is 0 Å². The maximum Gasteiger partial charge on any atom is 0.422 e. The number of likely N-dealkylation sites (tertiary alicyclic amines) is 1. The fraction of sp³-hybridized carbons (Fsp3) is 0.727. The van der Waals surface area contributed by atoms with Crippen molar-refractivity contribution in [3.8, 4) is 11.8 Å². The number of alkyl halides is 6. The zero-order chi connectivity index (χ0) is 37.4. The number of benzene rings is 1. The lowest BCUT2D eigenvalue weighted by Gasteiger charge is -2.25. The third-order valence-electron chi connectivity index (χ3n) is 9.28. The van der Waals surface area contributed by atoms with Crippen LogP contribution in [-0.2, 0) is 25.6 Å². The van der Waals surface area contributed by atoms with Crippen LogP contribution in [0.25, 0.3) is 0 Å². The second-order valence-corrected chi connectivity index (χ2v) is 15.5. The quantitative estimate of drug-likeness (QED) is 0.128. The SMILES string of the molecule is CCCCCCCCCCNC1(C#N)CC1.O=C(O)[C@@H]1C[C@@H](S(=O)(=O)c2ccc(OCC(F)(F)F)cc2C(F)(F)F)CN1C(=O)C1(CO)CC1. The minimum Gasteiger partial charge on any atom is -0.484 e. The summed E-state index contributed by atoms with van der Waals surface area (Å²) in [6.07, 6.45) is 2.63. The molecule has 2 atom stereocenters. The van der Waals surface area contributed by atoms with Gasteiger partial charge in [-0.25, -0.2) is 13.2 Å². The smallest absolute Gasteiger partial charge is 0.422 e. The van der Waals surface area contributed by atoms with E-state index in [2.05, 4.69) is 23.0 Å². The van der Waals surface area contributed by atoms with Crippen molar-refractivity contribution in [2.24, 2.45) is 5.41 Å². The number of halogens is 6. The molecule has 1 saturated heterocycles. The molecule has 0 unspecified atom stereocenters. The van der Waals surface area contributed by atoms with Gasteiger partial charge in [-0.2, -0.15) is 31.6 Å². The predicted octanol–water partition coefficient (Wildman–Crippen LogP) is 6.02. The predicted molar refractivity (Wildman–Crippen MR) is 169 cm³/mol. The van der Waals surface area contributed by atoms with Gasteiger partial charge in [0.1, 0.15) is 17.3 Å². The average Bonchev–Trinajstić information content (AvgIpc) is 3.98. The number of nitrogens with one attached hydrogen (secondary N) is 1. The summed E-state index contributed by atoms with van der Waals surface area (Å²) < 4.78 is 108. The summed E-state index contributed by atoms with van der Waals surface area (Å²) in [5.74, 6) is -3.23. The summed E-state index contributed by atoms with van der Waals surface area (Å²) in [6, 6.07) is 1.92. The molecular formula is C33H45F6N3O7S. The van der Waals surface area contributed by atoms with Crippen LogP contribution in [-0.4, -0.2) is 84.7 Å². The first-order valence-corrected chi connectivity index (χ1v) is 18.3. The normalized spacial score (nSPS) is 20.7. The largest absolute Gasteiger partial charge is 0.484 e. The number of sulfone groups is 1. The van der Waals surface area contributed by atoms with Crippen molar-refractivity contribution in [1.82, 2.24) is 10.2 Å². The van der Waals surface area contributed by atoms with E-state index in [0.29, 0.717) is 12.1 Å². The number of carboxylic acid groups (broad SMARTS) is 1. The minimum absolute atomic E-state index is 0.110. The fourth-order valence-electron chi connectivity index (χ4n) is 5.83. The number of carbonyl (C=O) groups excluding carboxylic acids is 1. The molecule has 2 aliphatic carbocycles. The van der Waals surface area contributed by atoms with Crippen LogP contribution in [0.15, 0.2) is 23.1 Å². The van der Waals surface area contributed by atoms with Crippen molar-refractivity contribution in [2.75, 3.05) is 26.3 Å². The lowest BCUT2D eigenvalue weighted by Crippen LogP contribution is -2.45. The summed E-state index contributed by atoms with van der Waals surface area (Å²) in [5.41, 5.74) is -3.12. The zero-order valence-electron chi connectivity index (χ0n) is 27.9. The van der Waals surface area contributed by atoms with Gasteiger partial charge in [0.05, 0.1) is 33.8 Å². The van der Waals surface area contributed by atoms with Crippen LogP contribution in [0.2, 0.25) is 0 Å². The van der Waals surface area contributed by atoms with Crippen LogP contribution < -0.4 is 10.1 Å². The molecule has 0 spiro atoms. The molecule has 17 heteroatoms. The number of amides is 1. The summed E-state index contributed by atoms with van der Waals surface area (Å²) in [7, 11) is -4.89. The maximum atomic E-state index is 13.6. The van der Waals surface area contributed by atoms with Crippen LogP contribution in [0.1, 0.15) is 96.0 Å². The second kappa shape index (κ2) is 16.9. The number of carbonyl (C=O) groups is 2. The van der Waals surface area contributed by atoms with Crippen molar-refractivity contribution in [3.63, 3.8) is 0 Å². The molecule has 0 bridgehead atoms. The number of hydrogen-bond acceptors (Lipinski definition) is 8. The summed E-state index contributed by atoms with van der Waals surface area (Å²) in [4.78, 5) is 23.8. The molecule has 3 N–H and O–H groups in total. The number of aliphatic hydroxyl groups excluding tert-OH is 1. The number of carboxylic acids is 1. The van der Waals surface area contributed by atoms with Crippen LogP contribution in [0.5, 0.6) is 5.75 Å². The lowest BCUT2D eigenvalue weighted by atomic mass is 10.1. The van der Waals surface area contributed by atoms with E-state index < -0.39 is 93.2 Å². The second-order valence-electron chi connectivity index (χ2n) is 13.3. The van der Waals surface area contributed by atoms with Gasteiger partial charge in [-0.05, 0) is 63.3 Å². The van der Waals surface area contributed by atoms with Gasteiger partial charge in [-0.15, -0.1) is 0 Å². The van der Waals surface area contributed by atoms with E-state index >= 15 is 0 Å². The molecule has 0 radical (unpaired) electrons. The summed E-state index contributed by atoms with van der Waals surface area (Å²) in [5, 5.41) is 29.4. The molecule has 1 amide bonds. The highest BCUT2D eigenvalue weighted by molar-refractivity contribution is 7.92. The van der Waals surface area contributed by atoms with E-state index in [-0.39, 0.29) is 24.4 Å². The lowest BCUT2D eigenvalue weighted by molar-refractivity contribution is -0.153. The first-order valence-electron chi connectivity index (χ1n) is 16.8. The van der Waals surface area contributed by atoms with Gasteiger partial charge in [0, 0.05) is 6.54 Å². The maximum absolute atomic E-state index is 13.6. The fourth-order valence-corrected chi connectivity index (χ4v) is 7.72. The number of hydrogen-bond donors (Lipinski definition) is 3. The van der Waals surface area contributed by atoms with Crippen LogP contribution in [0.4, 0.5) is 26.3 Å². The molecule has 0 aromatic heterocycles. The molecule has 282 valence electrons. The highest BCUT2D eigenvalue weighted by Gasteiger charge is 2.56. The molecule has 3 fully saturated rings. The van der Waals surface area contributed by atoms with Gasteiger partial charge in [0.2, 0.25) is 5.91 Å². The van der Waals surface area contributed by atoms with Crippen molar-refractivity contribution in [1.29, 1.82) is 5.26 Å². The van der Waals surface area contributed by atoms with E-state index in [1.54, 1.807) is 0 Å². The Bertz CT molecular complexity index is 1470. The average molecular weight is 742 g/mol. The summed E-state index contributed by atoms with van der Waals surface area (Å²) >= 11 is 0. The number of rotatable bonds is 17. The van der Waals surface area contributed by atoms with E-state index in [4.69, 9.17) is 5.26 Å². The van der Waals surface area contributed by atoms with Crippen molar-refractivity contribution in [2.45, 2.75) is 124 Å². The van der Waals surface area contributed by atoms with E-state index in [0.717, 1.165) is 24.3 Å². The van der Waals surface area contributed by atoms with Gasteiger partial charge in [0.15, 0.2) is 16.4 Å². The Morgan fingerprint density at radius 3 is 2.10 bits per heavy atom. The van der Waals surface area contributed by atoms with Crippen LogP contribution in [0, 0.1) is 16.7 Å².